The number of anilines is 1. The van der Waals surface area contributed by atoms with Crippen molar-refractivity contribution in [1.82, 2.24) is 29.7 Å². The zero-order chi connectivity index (χ0) is 24.8. The Morgan fingerprint density at radius 1 is 1.17 bits per heavy atom. The van der Waals surface area contributed by atoms with Gasteiger partial charge in [-0.25, -0.2) is 9.97 Å². The van der Waals surface area contributed by atoms with Gasteiger partial charge in [0.05, 0.1) is 20.3 Å². The molecule has 1 fully saturated rings. The molecular formula is C24H30ClN7O3. The Balaban J connectivity index is 1.40. The van der Waals surface area contributed by atoms with Crippen LogP contribution in [0.15, 0.2) is 43.0 Å². The standard InChI is InChI=1S/C24H30ClN7O3/c1-30-10-11-32(22-14-21(25)28-24(29-22)31-9-8-26-16-31)18(15-30)13-23(33)27-7-6-17-4-5-19(34-2)20(12-17)35-3/h4-5,8-9,12,14,16,18H,6-7,10-11,13,15H2,1-3H3,(H,27,33). The minimum Gasteiger partial charge on any atom is -0.493 e. The molecule has 1 aromatic carbocycles. The van der Waals surface area contributed by atoms with E-state index < -0.39 is 0 Å². The first kappa shape index (κ1) is 24.7. The third-order valence-corrected chi connectivity index (χ3v) is 6.18. The van der Waals surface area contributed by atoms with Crippen LogP contribution in [-0.4, -0.2) is 83.8 Å². The van der Waals surface area contributed by atoms with Gasteiger partial charge >= 0.3 is 0 Å². The number of benzene rings is 1. The number of aromatic nitrogens is 4. The number of carbonyl (C=O) groups excluding carboxylic acids is 1. The fraction of sp³-hybridized carbons (Fsp3) is 0.417. The molecular weight excluding hydrogens is 470 g/mol. The summed E-state index contributed by atoms with van der Waals surface area (Å²) in [4.78, 5) is 30.3. The van der Waals surface area contributed by atoms with Gasteiger partial charge in [-0.2, -0.15) is 4.98 Å². The van der Waals surface area contributed by atoms with E-state index in [0.29, 0.717) is 47.8 Å². The quantitative estimate of drug-likeness (QED) is 0.447. The Morgan fingerprint density at radius 2 is 2.00 bits per heavy atom. The average molecular weight is 500 g/mol. The van der Waals surface area contributed by atoms with E-state index in [1.807, 2.05) is 18.2 Å². The maximum Gasteiger partial charge on any atom is 0.238 e. The first-order valence-corrected chi connectivity index (χ1v) is 11.8. The molecule has 3 aromatic rings. The summed E-state index contributed by atoms with van der Waals surface area (Å²) in [6.45, 7) is 2.86. The molecule has 10 nitrogen and oxygen atoms in total. The molecule has 0 saturated carbocycles. The number of hydrogen-bond donors (Lipinski definition) is 1. The lowest BCUT2D eigenvalue weighted by molar-refractivity contribution is -0.121. The zero-order valence-electron chi connectivity index (χ0n) is 20.1. The molecule has 186 valence electrons. The molecule has 4 rings (SSSR count). The Kier molecular flexibility index (Phi) is 8.04. The molecule has 0 radical (unpaired) electrons. The lowest BCUT2D eigenvalue weighted by Crippen LogP contribution is -2.54. The third kappa shape index (κ3) is 6.20. The van der Waals surface area contributed by atoms with Crippen molar-refractivity contribution >= 4 is 23.3 Å². The molecule has 35 heavy (non-hydrogen) atoms. The molecule has 0 aliphatic carbocycles. The van der Waals surface area contributed by atoms with Crippen LogP contribution in [-0.2, 0) is 11.2 Å². The van der Waals surface area contributed by atoms with Crippen molar-refractivity contribution < 1.29 is 14.3 Å². The van der Waals surface area contributed by atoms with Crippen molar-refractivity contribution in [2.45, 2.75) is 18.9 Å². The number of hydrogen-bond acceptors (Lipinski definition) is 8. The first-order valence-electron chi connectivity index (χ1n) is 11.4. The third-order valence-electron chi connectivity index (χ3n) is 5.99. The van der Waals surface area contributed by atoms with E-state index in [9.17, 15) is 4.79 Å². The molecule has 3 heterocycles. The summed E-state index contributed by atoms with van der Waals surface area (Å²) in [6.07, 6.45) is 6.09. The molecule has 11 heteroatoms. The summed E-state index contributed by atoms with van der Waals surface area (Å²) >= 11 is 6.32. The monoisotopic (exact) mass is 499 g/mol. The SMILES string of the molecule is COc1ccc(CCNC(=O)CC2CN(C)CCN2c2cc(Cl)nc(-n3ccnc3)n2)cc1OC. The highest BCUT2D eigenvalue weighted by Gasteiger charge is 2.29. The van der Waals surface area contributed by atoms with Crippen LogP contribution in [0.1, 0.15) is 12.0 Å². The number of halogens is 1. The number of methoxy groups -OCH3 is 2. The van der Waals surface area contributed by atoms with Crippen molar-refractivity contribution in [3.05, 3.63) is 53.7 Å². The number of carbonyl (C=O) groups is 1. The smallest absolute Gasteiger partial charge is 0.238 e. The second kappa shape index (κ2) is 11.4. The minimum absolute atomic E-state index is 0.00855. The van der Waals surface area contributed by atoms with Crippen LogP contribution in [0.2, 0.25) is 5.15 Å². The van der Waals surface area contributed by atoms with Crippen LogP contribution in [0.3, 0.4) is 0 Å². The van der Waals surface area contributed by atoms with Gasteiger partial charge in [0.2, 0.25) is 11.9 Å². The van der Waals surface area contributed by atoms with Gasteiger partial charge in [-0.15, -0.1) is 0 Å². The van der Waals surface area contributed by atoms with Crippen LogP contribution in [0.25, 0.3) is 5.95 Å². The van der Waals surface area contributed by atoms with Crippen molar-refractivity contribution in [2.24, 2.45) is 0 Å². The number of amides is 1. The molecule has 1 amide bonds. The topological polar surface area (TPSA) is 97.6 Å². The van der Waals surface area contributed by atoms with Crippen molar-refractivity contribution in [3.63, 3.8) is 0 Å². The number of nitrogens with one attached hydrogen (secondary N) is 1. The van der Waals surface area contributed by atoms with Gasteiger partial charge in [0.25, 0.3) is 0 Å². The van der Waals surface area contributed by atoms with E-state index >= 15 is 0 Å². The Hall–Kier alpha value is -3.37. The number of nitrogens with zero attached hydrogens (tertiary/aromatic N) is 6. The summed E-state index contributed by atoms with van der Waals surface area (Å²) in [5, 5.41) is 3.39. The van der Waals surface area contributed by atoms with Gasteiger partial charge in [0, 0.05) is 51.1 Å². The molecule has 0 bridgehead atoms. The van der Waals surface area contributed by atoms with Crippen molar-refractivity contribution in [1.29, 1.82) is 0 Å². The van der Waals surface area contributed by atoms with Crippen molar-refractivity contribution in [2.75, 3.05) is 52.3 Å². The van der Waals surface area contributed by atoms with Crippen LogP contribution < -0.4 is 19.7 Å². The van der Waals surface area contributed by atoms with E-state index in [1.165, 1.54) is 0 Å². The van der Waals surface area contributed by atoms with Gasteiger partial charge in [-0.3, -0.25) is 9.36 Å². The predicted molar refractivity (Wildman–Crippen MR) is 134 cm³/mol. The maximum absolute atomic E-state index is 12.9. The molecule has 1 unspecified atom stereocenters. The largest absolute Gasteiger partial charge is 0.493 e. The molecule has 0 spiro atoms. The van der Waals surface area contributed by atoms with E-state index in [0.717, 1.165) is 25.2 Å². The zero-order valence-corrected chi connectivity index (χ0v) is 20.9. The molecule has 2 aromatic heterocycles. The van der Waals surface area contributed by atoms with Crippen LogP contribution in [0.4, 0.5) is 5.82 Å². The van der Waals surface area contributed by atoms with Gasteiger partial charge in [-0.05, 0) is 31.2 Å². The van der Waals surface area contributed by atoms with E-state index in [-0.39, 0.29) is 11.9 Å². The van der Waals surface area contributed by atoms with E-state index in [2.05, 4.69) is 32.1 Å². The first-order chi connectivity index (χ1) is 17.0. The highest BCUT2D eigenvalue weighted by Crippen LogP contribution is 2.27. The lowest BCUT2D eigenvalue weighted by Gasteiger charge is -2.40. The second-order valence-corrected chi connectivity index (χ2v) is 8.81. The second-order valence-electron chi connectivity index (χ2n) is 8.42. The number of likely N-dealkylation sites (N-methyl/N-ethyl adjacent to an activating group) is 1. The van der Waals surface area contributed by atoms with Gasteiger partial charge in [0.15, 0.2) is 11.5 Å². The van der Waals surface area contributed by atoms with Gasteiger partial charge < -0.3 is 24.6 Å². The number of rotatable bonds is 9. The van der Waals surface area contributed by atoms with Crippen molar-refractivity contribution in [3.8, 4) is 17.4 Å². The average Bonchev–Trinajstić information content (AvgIpc) is 3.39. The Morgan fingerprint density at radius 3 is 2.74 bits per heavy atom. The molecule has 1 saturated heterocycles. The number of ether oxygens (including phenoxy) is 2. The minimum atomic E-state index is -0.0450. The Bertz CT molecular complexity index is 1140. The van der Waals surface area contributed by atoms with Gasteiger partial charge in [-0.1, -0.05) is 17.7 Å². The number of piperazine rings is 1. The highest BCUT2D eigenvalue weighted by molar-refractivity contribution is 6.29. The Labute approximate surface area is 209 Å². The van der Waals surface area contributed by atoms with Crippen LogP contribution >= 0.6 is 11.6 Å². The van der Waals surface area contributed by atoms with Crippen LogP contribution in [0.5, 0.6) is 11.5 Å². The lowest BCUT2D eigenvalue weighted by atomic mass is 10.1. The molecule has 1 aliphatic rings. The van der Waals surface area contributed by atoms with Crippen LogP contribution in [0, 0.1) is 0 Å². The molecule has 1 atom stereocenters. The highest BCUT2D eigenvalue weighted by atomic mass is 35.5. The number of imidazole rings is 1. The predicted octanol–water partition coefficient (Wildman–Crippen LogP) is 2.20. The summed E-state index contributed by atoms with van der Waals surface area (Å²) in [7, 11) is 5.28. The summed E-state index contributed by atoms with van der Waals surface area (Å²) in [5.41, 5.74) is 1.06. The fourth-order valence-electron chi connectivity index (χ4n) is 4.19. The normalized spacial score (nSPS) is 16.2. The summed E-state index contributed by atoms with van der Waals surface area (Å²) < 4.78 is 12.4. The van der Waals surface area contributed by atoms with Gasteiger partial charge in [0.1, 0.15) is 17.3 Å². The summed E-state index contributed by atoms with van der Waals surface area (Å²) in [5.74, 6) is 2.50. The van der Waals surface area contributed by atoms with E-state index in [1.54, 1.807) is 43.6 Å². The molecule has 1 aliphatic heterocycles. The van der Waals surface area contributed by atoms with E-state index in [4.69, 9.17) is 26.1 Å². The fourth-order valence-corrected chi connectivity index (χ4v) is 4.36. The molecule has 1 N–H and O–H groups in total. The maximum atomic E-state index is 12.9. The summed E-state index contributed by atoms with van der Waals surface area (Å²) in [6, 6.07) is 7.48.